The zero-order valence-corrected chi connectivity index (χ0v) is 8.15. The molecular formula is C8H18F2N2O. The summed E-state index contributed by atoms with van der Waals surface area (Å²) >= 11 is 0. The molecule has 0 aromatic rings. The third kappa shape index (κ3) is 9.66. The largest absolute Gasteiger partial charge is 0.383 e. The summed E-state index contributed by atoms with van der Waals surface area (Å²) in [6.07, 6.45) is -2.28. The van der Waals surface area contributed by atoms with E-state index in [9.17, 15) is 8.78 Å². The fourth-order valence-corrected chi connectivity index (χ4v) is 0.855. The summed E-state index contributed by atoms with van der Waals surface area (Å²) in [5.74, 6) is 0. The molecule has 13 heavy (non-hydrogen) atoms. The van der Waals surface area contributed by atoms with Gasteiger partial charge in [0.05, 0.1) is 13.2 Å². The SMILES string of the molecule is COCCNCC(C)NCC(F)F. The molecule has 0 aliphatic rings. The Morgan fingerprint density at radius 2 is 2.00 bits per heavy atom. The molecular weight excluding hydrogens is 178 g/mol. The Hall–Kier alpha value is -0.260. The third-order valence-corrected chi connectivity index (χ3v) is 1.55. The monoisotopic (exact) mass is 196 g/mol. The summed E-state index contributed by atoms with van der Waals surface area (Å²) < 4.78 is 28.3. The molecule has 0 spiro atoms. The molecule has 0 bridgehead atoms. The summed E-state index contributed by atoms with van der Waals surface area (Å²) in [4.78, 5) is 0. The number of alkyl halides is 2. The number of rotatable bonds is 8. The average molecular weight is 196 g/mol. The highest BCUT2D eigenvalue weighted by molar-refractivity contribution is 4.63. The van der Waals surface area contributed by atoms with E-state index in [4.69, 9.17) is 4.74 Å². The van der Waals surface area contributed by atoms with Crippen LogP contribution in [0.15, 0.2) is 0 Å². The smallest absolute Gasteiger partial charge is 0.250 e. The topological polar surface area (TPSA) is 33.3 Å². The predicted octanol–water partition coefficient (Wildman–Crippen LogP) is 0.466. The zero-order chi connectivity index (χ0) is 10.1. The fraction of sp³-hybridized carbons (Fsp3) is 1.00. The molecule has 3 nitrogen and oxygen atoms in total. The molecule has 1 unspecified atom stereocenters. The van der Waals surface area contributed by atoms with Gasteiger partial charge in [-0.3, -0.25) is 0 Å². The molecule has 0 saturated carbocycles. The molecule has 1 atom stereocenters. The summed E-state index contributed by atoms with van der Waals surface area (Å²) in [7, 11) is 1.63. The fourth-order valence-electron chi connectivity index (χ4n) is 0.855. The second-order valence-electron chi connectivity index (χ2n) is 2.90. The van der Waals surface area contributed by atoms with Crippen LogP contribution in [0.5, 0.6) is 0 Å². The highest BCUT2D eigenvalue weighted by Gasteiger charge is 2.05. The molecule has 0 aromatic heterocycles. The highest BCUT2D eigenvalue weighted by atomic mass is 19.3. The van der Waals surface area contributed by atoms with Crippen molar-refractivity contribution in [2.75, 3.05) is 33.4 Å². The lowest BCUT2D eigenvalue weighted by Gasteiger charge is -2.13. The van der Waals surface area contributed by atoms with Crippen molar-refractivity contribution >= 4 is 0 Å². The summed E-state index contributed by atoms with van der Waals surface area (Å²) in [6.45, 7) is 3.68. The Balaban J connectivity index is 3.15. The van der Waals surface area contributed by atoms with E-state index in [1.54, 1.807) is 7.11 Å². The first-order valence-corrected chi connectivity index (χ1v) is 4.38. The molecule has 0 aliphatic heterocycles. The minimum atomic E-state index is -2.28. The van der Waals surface area contributed by atoms with Gasteiger partial charge in [0.2, 0.25) is 0 Å². The molecule has 5 heteroatoms. The number of halogens is 2. The molecule has 0 radical (unpaired) electrons. The van der Waals surface area contributed by atoms with Gasteiger partial charge in [0.1, 0.15) is 0 Å². The zero-order valence-electron chi connectivity index (χ0n) is 8.15. The Kier molecular flexibility index (Phi) is 8.18. The Labute approximate surface area is 77.8 Å². The van der Waals surface area contributed by atoms with Gasteiger partial charge in [-0.1, -0.05) is 0 Å². The average Bonchev–Trinajstić information content (AvgIpc) is 2.09. The van der Waals surface area contributed by atoms with Gasteiger partial charge in [0.15, 0.2) is 0 Å². The van der Waals surface area contributed by atoms with E-state index in [-0.39, 0.29) is 12.6 Å². The van der Waals surface area contributed by atoms with Crippen LogP contribution in [-0.2, 0) is 4.74 Å². The standard InChI is InChI=1S/C8H18F2N2O/c1-7(12-6-8(9)10)5-11-3-4-13-2/h7-8,11-12H,3-6H2,1-2H3. The second-order valence-corrected chi connectivity index (χ2v) is 2.90. The van der Waals surface area contributed by atoms with E-state index in [1.807, 2.05) is 6.92 Å². The van der Waals surface area contributed by atoms with Gasteiger partial charge in [0.25, 0.3) is 6.43 Å². The Morgan fingerprint density at radius 3 is 2.54 bits per heavy atom. The van der Waals surface area contributed by atoms with Gasteiger partial charge in [-0.2, -0.15) is 0 Å². The quantitative estimate of drug-likeness (QED) is 0.553. The van der Waals surface area contributed by atoms with Crippen molar-refractivity contribution in [3.8, 4) is 0 Å². The van der Waals surface area contributed by atoms with Crippen molar-refractivity contribution in [1.29, 1.82) is 0 Å². The van der Waals surface area contributed by atoms with Crippen molar-refractivity contribution in [1.82, 2.24) is 10.6 Å². The highest BCUT2D eigenvalue weighted by Crippen LogP contribution is 1.89. The number of ether oxygens (including phenoxy) is 1. The van der Waals surface area contributed by atoms with Crippen molar-refractivity contribution in [3.05, 3.63) is 0 Å². The lowest BCUT2D eigenvalue weighted by molar-refractivity contribution is 0.141. The molecule has 0 fully saturated rings. The van der Waals surface area contributed by atoms with Crippen LogP contribution < -0.4 is 10.6 Å². The van der Waals surface area contributed by atoms with Gasteiger partial charge in [-0.25, -0.2) is 8.78 Å². The van der Waals surface area contributed by atoms with Gasteiger partial charge in [-0.15, -0.1) is 0 Å². The van der Waals surface area contributed by atoms with Gasteiger partial charge >= 0.3 is 0 Å². The van der Waals surface area contributed by atoms with Crippen LogP contribution in [0.4, 0.5) is 8.78 Å². The van der Waals surface area contributed by atoms with E-state index in [0.717, 1.165) is 6.54 Å². The van der Waals surface area contributed by atoms with Crippen molar-refractivity contribution in [2.24, 2.45) is 0 Å². The summed E-state index contributed by atoms with van der Waals surface area (Å²) in [5.41, 5.74) is 0. The van der Waals surface area contributed by atoms with E-state index >= 15 is 0 Å². The molecule has 0 rings (SSSR count). The van der Waals surface area contributed by atoms with Crippen LogP contribution in [0.1, 0.15) is 6.92 Å². The first-order chi connectivity index (χ1) is 6.16. The van der Waals surface area contributed by atoms with E-state index in [0.29, 0.717) is 13.2 Å². The minimum absolute atomic E-state index is 0.0610. The van der Waals surface area contributed by atoms with Crippen LogP contribution in [-0.4, -0.2) is 45.8 Å². The maximum absolute atomic E-state index is 11.7. The van der Waals surface area contributed by atoms with Crippen LogP contribution in [0.25, 0.3) is 0 Å². The number of hydrogen-bond donors (Lipinski definition) is 2. The van der Waals surface area contributed by atoms with Crippen LogP contribution in [0, 0.1) is 0 Å². The van der Waals surface area contributed by atoms with Crippen molar-refractivity contribution in [3.63, 3.8) is 0 Å². The molecule has 2 N–H and O–H groups in total. The number of methoxy groups -OCH3 is 1. The molecule has 0 heterocycles. The van der Waals surface area contributed by atoms with Crippen LogP contribution in [0.2, 0.25) is 0 Å². The molecule has 0 saturated heterocycles. The minimum Gasteiger partial charge on any atom is -0.383 e. The van der Waals surface area contributed by atoms with Crippen molar-refractivity contribution < 1.29 is 13.5 Å². The van der Waals surface area contributed by atoms with Gasteiger partial charge in [0, 0.05) is 26.2 Å². The lowest BCUT2D eigenvalue weighted by atomic mass is 10.3. The molecule has 80 valence electrons. The summed E-state index contributed by atoms with van der Waals surface area (Å²) in [6, 6.07) is 0.0610. The first kappa shape index (κ1) is 12.7. The van der Waals surface area contributed by atoms with E-state index < -0.39 is 6.43 Å². The van der Waals surface area contributed by atoms with E-state index in [2.05, 4.69) is 10.6 Å². The predicted molar refractivity (Wildman–Crippen MR) is 48.2 cm³/mol. The molecule has 0 aromatic carbocycles. The van der Waals surface area contributed by atoms with Crippen molar-refractivity contribution in [2.45, 2.75) is 19.4 Å². The second kappa shape index (κ2) is 8.34. The lowest BCUT2D eigenvalue weighted by Crippen LogP contribution is -2.39. The Bertz CT molecular complexity index is 114. The maximum Gasteiger partial charge on any atom is 0.250 e. The molecule has 0 amide bonds. The normalized spacial score (nSPS) is 13.6. The summed E-state index contributed by atoms with van der Waals surface area (Å²) in [5, 5.41) is 5.78. The third-order valence-electron chi connectivity index (χ3n) is 1.55. The van der Waals surface area contributed by atoms with Crippen LogP contribution in [0.3, 0.4) is 0 Å². The van der Waals surface area contributed by atoms with Crippen LogP contribution >= 0.6 is 0 Å². The molecule has 0 aliphatic carbocycles. The Morgan fingerprint density at radius 1 is 1.31 bits per heavy atom. The first-order valence-electron chi connectivity index (χ1n) is 4.38. The van der Waals surface area contributed by atoms with Gasteiger partial charge < -0.3 is 15.4 Å². The number of hydrogen-bond acceptors (Lipinski definition) is 3. The van der Waals surface area contributed by atoms with Gasteiger partial charge in [-0.05, 0) is 6.92 Å². The number of nitrogens with one attached hydrogen (secondary N) is 2. The maximum atomic E-state index is 11.7. The van der Waals surface area contributed by atoms with E-state index in [1.165, 1.54) is 0 Å².